The number of ether oxygens (including phenoxy) is 2. The Hall–Kier alpha value is -1.33. The van der Waals surface area contributed by atoms with Crippen LogP contribution in [0.4, 0.5) is 4.79 Å². The van der Waals surface area contributed by atoms with Crippen LogP contribution in [-0.4, -0.2) is 46.2 Å². The Bertz CT molecular complexity index is 409. The highest BCUT2D eigenvalue weighted by molar-refractivity contribution is 5.69. The summed E-state index contributed by atoms with van der Waals surface area (Å²) in [6.07, 6.45) is 4.47. The van der Waals surface area contributed by atoms with Crippen LogP contribution in [0.2, 0.25) is 0 Å². The van der Waals surface area contributed by atoms with Gasteiger partial charge in [-0.2, -0.15) is 0 Å². The Kier molecular flexibility index (Phi) is 5.59. The fraction of sp³-hybridized carbons (Fsp3) is 0.688. The summed E-state index contributed by atoms with van der Waals surface area (Å²) in [5, 5.41) is 10.3. The van der Waals surface area contributed by atoms with Crippen molar-refractivity contribution in [2.45, 2.75) is 64.5 Å². The topological polar surface area (TPSA) is 59.0 Å². The highest BCUT2D eigenvalue weighted by Gasteiger charge is 2.48. The van der Waals surface area contributed by atoms with Crippen molar-refractivity contribution in [1.29, 1.82) is 0 Å². The van der Waals surface area contributed by atoms with E-state index < -0.39 is 29.6 Å². The summed E-state index contributed by atoms with van der Waals surface area (Å²) < 4.78 is 11.1. The van der Waals surface area contributed by atoms with Gasteiger partial charge in [0.1, 0.15) is 11.3 Å². The standard InChI is InChI=1S/C16H27NO4/c1-7-8-9-10-13(18)12-11-20-16(5,6)17(12)14(19)21-15(2,3)4/h7-9,12-13,18H,1,10-11H2,2-6H3/b9-8+/t12-,13+/m0/s1. The first kappa shape index (κ1) is 17.7. The third-order valence-corrected chi connectivity index (χ3v) is 3.20. The van der Waals surface area contributed by atoms with Crippen molar-refractivity contribution >= 4 is 6.09 Å². The minimum Gasteiger partial charge on any atom is -0.444 e. The number of nitrogens with zero attached hydrogens (tertiary/aromatic N) is 1. The van der Waals surface area contributed by atoms with Gasteiger partial charge >= 0.3 is 6.09 Å². The Balaban J connectivity index is 2.85. The molecule has 0 radical (unpaired) electrons. The van der Waals surface area contributed by atoms with Crippen molar-refractivity contribution < 1.29 is 19.4 Å². The predicted octanol–water partition coefficient (Wildman–Crippen LogP) is 2.85. The maximum Gasteiger partial charge on any atom is 0.412 e. The lowest BCUT2D eigenvalue weighted by molar-refractivity contribution is -0.0676. The fourth-order valence-corrected chi connectivity index (χ4v) is 2.25. The molecule has 0 aliphatic carbocycles. The second-order valence-corrected chi connectivity index (χ2v) is 6.64. The zero-order chi connectivity index (χ0) is 16.3. The third kappa shape index (κ3) is 4.86. The van der Waals surface area contributed by atoms with E-state index in [1.165, 1.54) is 4.90 Å². The molecule has 0 aromatic carbocycles. The molecule has 1 saturated heterocycles. The van der Waals surface area contributed by atoms with Crippen LogP contribution in [0.5, 0.6) is 0 Å². The number of rotatable bonds is 4. The molecule has 120 valence electrons. The fourth-order valence-electron chi connectivity index (χ4n) is 2.25. The molecule has 1 heterocycles. The van der Waals surface area contributed by atoms with Gasteiger partial charge in [-0.05, 0) is 41.0 Å². The van der Waals surface area contributed by atoms with Crippen LogP contribution < -0.4 is 0 Å². The van der Waals surface area contributed by atoms with Crippen molar-refractivity contribution in [3.63, 3.8) is 0 Å². The summed E-state index contributed by atoms with van der Waals surface area (Å²) in [5.41, 5.74) is -1.38. The SMILES string of the molecule is C=C/C=C/C[C@@H](O)[C@@H]1COC(C)(C)N1C(=O)OC(C)(C)C. The van der Waals surface area contributed by atoms with Gasteiger partial charge in [-0.1, -0.05) is 24.8 Å². The number of aliphatic hydroxyl groups excluding tert-OH is 1. The van der Waals surface area contributed by atoms with Gasteiger partial charge in [-0.15, -0.1) is 0 Å². The molecule has 21 heavy (non-hydrogen) atoms. The van der Waals surface area contributed by atoms with Gasteiger partial charge in [0.25, 0.3) is 0 Å². The lowest BCUT2D eigenvalue weighted by Gasteiger charge is -2.36. The van der Waals surface area contributed by atoms with E-state index in [0.717, 1.165) is 0 Å². The molecule has 0 aromatic rings. The average Bonchev–Trinajstić information content (AvgIpc) is 2.63. The van der Waals surface area contributed by atoms with Gasteiger partial charge in [0.05, 0.1) is 18.8 Å². The number of carbonyl (C=O) groups excluding carboxylic acids is 1. The number of carbonyl (C=O) groups is 1. The molecule has 0 bridgehead atoms. The molecule has 1 fully saturated rings. The first-order chi connectivity index (χ1) is 9.58. The first-order valence-electron chi connectivity index (χ1n) is 7.20. The van der Waals surface area contributed by atoms with Crippen molar-refractivity contribution in [3.8, 4) is 0 Å². The molecule has 2 atom stereocenters. The van der Waals surface area contributed by atoms with E-state index >= 15 is 0 Å². The van der Waals surface area contributed by atoms with E-state index in [1.54, 1.807) is 26.0 Å². The summed E-state index contributed by atoms with van der Waals surface area (Å²) in [6, 6.07) is -0.427. The van der Waals surface area contributed by atoms with Crippen molar-refractivity contribution in [3.05, 3.63) is 24.8 Å². The molecule has 0 spiro atoms. The largest absolute Gasteiger partial charge is 0.444 e. The third-order valence-electron chi connectivity index (χ3n) is 3.20. The van der Waals surface area contributed by atoms with Gasteiger partial charge in [0.15, 0.2) is 0 Å². The molecule has 5 nitrogen and oxygen atoms in total. The van der Waals surface area contributed by atoms with Crippen LogP contribution in [0.25, 0.3) is 0 Å². The normalized spacial score (nSPS) is 23.3. The predicted molar refractivity (Wildman–Crippen MR) is 81.9 cm³/mol. The zero-order valence-electron chi connectivity index (χ0n) is 13.6. The minimum atomic E-state index is -0.796. The molecule has 1 amide bonds. The van der Waals surface area contributed by atoms with Gasteiger partial charge in [0, 0.05) is 0 Å². The second kappa shape index (κ2) is 6.62. The number of hydrogen-bond acceptors (Lipinski definition) is 4. The number of aliphatic hydroxyl groups is 1. The van der Waals surface area contributed by atoms with E-state index in [4.69, 9.17) is 9.47 Å². The summed E-state index contributed by atoms with van der Waals surface area (Å²) in [4.78, 5) is 13.9. The molecule has 0 aromatic heterocycles. The minimum absolute atomic E-state index is 0.287. The molecular weight excluding hydrogens is 270 g/mol. The van der Waals surface area contributed by atoms with E-state index in [2.05, 4.69) is 6.58 Å². The van der Waals surface area contributed by atoms with Crippen LogP contribution in [-0.2, 0) is 9.47 Å². The first-order valence-corrected chi connectivity index (χ1v) is 7.20. The van der Waals surface area contributed by atoms with Crippen molar-refractivity contribution in [1.82, 2.24) is 4.90 Å². The maximum atomic E-state index is 12.4. The van der Waals surface area contributed by atoms with Crippen LogP contribution in [0.1, 0.15) is 41.0 Å². The molecule has 0 unspecified atom stereocenters. The Morgan fingerprint density at radius 3 is 2.71 bits per heavy atom. The highest BCUT2D eigenvalue weighted by Crippen LogP contribution is 2.31. The summed E-state index contributed by atoms with van der Waals surface area (Å²) in [5.74, 6) is 0. The summed E-state index contributed by atoms with van der Waals surface area (Å²) in [6.45, 7) is 12.9. The molecule has 1 aliphatic rings. The summed E-state index contributed by atoms with van der Waals surface area (Å²) >= 11 is 0. The van der Waals surface area contributed by atoms with Gasteiger partial charge in [-0.25, -0.2) is 4.79 Å². The van der Waals surface area contributed by atoms with Gasteiger partial charge in [-0.3, -0.25) is 4.90 Å². The average molecular weight is 297 g/mol. The molecule has 1 aliphatic heterocycles. The van der Waals surface area contributed by atoms with E-state index in [0.29, 0.717) is 6.42 Å². The van der Waals surface area contributed by atoms with E-state index in [-0.39, 0.29) is 6.61 Å². The Morgan fingerprint density at radius 2 is 2.19 bits per heavy atom. The van der Waals surface area contributed by atoms with Crippen molar-refractivity contribution in [2.75, 3.05) is 6.61 Å². The number of amides is 1. The lowest BCUT2D eigenvalue weighted by atomic mass is 10.1. The zero-order valence-corrected chi connectivity index (χ0v) is 13.6. The van der Waals surface area contributed by atoms with Crippen LogP contribution in [0, 0.1) is 0 Å². The van der Waals surface area contributed by atoms with Crippen LogP contribution in [0.15, 0.2) is 24.8 Å². The van der Waals surface area contributed by atoms with E-state index in [1.807, 2.05) is 26.8 Å². The summed E-state index contributed by atoms with van der Waals surface area (Å²) in [7, 11) is 0. The van der Waals surface area contributed by atoms with Gasteiger partial charge in [0.2, 0.25) is 0 Å². The second-order valence-electron chi connectivity index (χ2n) is 6.64. The van der Waals surface area contributed by atoms with Crippen LogP contribution >= 0.6 is 0 Å². The molecule has 1 rings (SSSR count). The molecule has 1 N–H and O–H groups in total. The smallest absolute Gasteiger partial charge is 0.412 e. The number of hydrogen-bond donors (Lipinski definition) is 1. The highest BCUT2D eigenvalue weighted by atomic mass is 16.6. The molecule has 5 heteroatoms. The maximum absolute atomic E-state index is 12.4. The Labute approximate surface area is 127 Å². The quantitative estimate of drug-likeness (QED) is 0.811. The molecular formula is C16H27NO4. The van der Waals surface area contributed by atoms with E-state index in [9.17, 15) is 9.90 Å². The number of allylic oxidation sites excluding steroid dienone is 2. The van der Waals surface area contributed by atoms with Crippen molar-refractivity contribution in [2.24, 2.45) is 0 Å². The monoisotopic (exact) mass is 297 g/mol. The molecule has 0 saturated carbocycles. The van der Waals surface area contributed by atoms with Gasteiger partial charge < -0.3 is 14.6 Å². The van der Waals surface area contributed by atoms with Crippen LogP contribution in [0.3, 0.4) is 0 Å². The Morgan fingerprint density at radius 1 is 1.57 bits per heavy atom. The lowest BCUT2D eigenvalue weighted by Crippen LogP contribution is -2.53.